The molecule has 0 bridgehead atoms. The predicted molar refractivity (Wildman–Crippen MR) is 82.8 cm³/mol. The van der Waals surface area contributed by atoms with E-state index >= 15 is 0 Å². The minimum Gasteiger partial charge on any atom is -0.393 e. The molecule has 20 heavy (non-hydrogen) atoms. The summed E-state index contributed by atoms with van der Waals surface area (Å²) in [5, 5.41) is 13.6. The van der Waals surface area contributed by atoms with E-state index in [9.17, 15) is 5.11 Å². The van der Waals surface area contributed by atoms with Crippen LogP contribution in [-0.2, 0) is 4.74 Å². The lowest BCUT2D eigenvalue weighted by atomic mass is 9.83. The lowest BCUT2D eigenvalue weighted by molar-refractivity contribution is 0.0603. The van der Waals surface area contributed by atoms with Gasteiger partial charge >= 0.3 is 0 Å². The van der Waals surface area contributed by atoms with Crippen molar-refractivity contribution >= 4 is 0 Å². The van der Waals surface area contributed by atoms with Gasteiger partial charge in [-0.05, 0) is 70.3 Å². The highest BCUT2D eigenvalue weighted by Gasteiger charge is 2.22. The summed E-state index contributed by atoms with van der Waals surface area (Å²) < 4.78 is 5.41. The fraction of sp³-hybridized carbons (Fsp3) is 1.00. The SMILES string of the molecule is CC(CC1CCOCC1)NCCCC1CCCCC1O. The van der Waals surface area contributed by atoms with Crippen LogP contribution >= 0.6 is 0 Å². The number of hydrogen-bond acceptors (Lipinski definition) is 3. The zero-order chi connectivity index (χ0) is 14.2. The first kappa shape index (κ1) is 16.3. The van der Waals surface area contributed by atoms with Crippen LogP contribution in [0.15, 0.2) is 0 Å². The maximum Gasteiger partial charge on any atom is 0.0568 e. The molecule has 3 nitrogen and oxygen atoms in total. The van der Waals surface area contributed by atoms with Gasteiger partial charge in [0.25, 0.3) is 0 Å². The second-order valence-corrected chi connectivity index (χ2v) is 6.90. The zero-order valence-electron chi connectivity index (χ0n) is 13.2. The topological polar surface area (TPSA) is 41.5 Å². The largest absolute Gasteiger partial charge is 0.393 e. The van der Waals surface area contributed by atoms with Gasteiger partial charge in [-0.2, -0.15) is 0 Å². The number of rotatable bonds is 7. The van der Waals surface area contributed by atoms with Gasteiger partial charge in [0.1, 0.15) is 0 Å². The number of ether oxygens (including phenoxy) is 1. The zero-order valence-corrected chi connectivity index (χ0v) is 13.2. The Labute approximate surface area is 124 Å². The molecule has 0 amide bonds. The lowest BCUT2D eigenvalue weighted by Crippen LogP contribution is -2.32. The minimum atomic E-state index is -0.0246. The quantitative estimate of drug-likeness (QED) is 0.705. The van der Waals surface area contributed by atoms with E-state index in [0.717, 1.165) is 32.1 Å². The van der Waals surface area contributed by atoms with E-state index in [0.29, 0.717) is 12.0 Å². The lowest BCUT2D eigenvalue weighted by Gasteiger charge is -2.28. The summed E-state index contributed by atoms with van der Waals surface area (Å²) in [6.07, 6.45) is 10.9. The highest BCUT2D eigenvalue weighted by atomic mass is 16.5. The molecule has 2 aliphatic rings. The average molecular weight is 283 g/mol. The van der Waals surface area contributed by atoms with Crippen LogP contribution in [0, 0.1) is 11.8 Å². The number of aliphatic hydroxyl groups is 1. The third-order valence-corrected chi connectivity index (χ3v) is 5.14. The molecule has 2 fully saturated rings. The van der Waals surface area contributed by atoms with Gasteiger partial charge in [0.2, 0.25) is 0 Å². The molecule has 0 aromatic heterocycles. The first-order valence-electron chi connectivity index (χ1n) is 8.75. The maximum atomic E-state index is 9.96. The Morgan fingerprint density at radius 1 is 1.15 bits per heavy atom. The molecule has 2 rings (SSSR count). The Morgan fingerprint density at radius 2 is 1.90 bits per heavy atom. The van der Waals surface area contributed by atoms with Crippen molar-refractivity contribution in [3.05, 3.63) is 0 Å². The molecule has 0 spiro atoms. The third kappa shape index (κ3) is 5.71. The van der Waals surface area contributed by atoms with E-state index in [1.54, 1.807) is 0 Å². The Balaban J connectivity index is 1.51. The normalized spacial score (nSPS) is 30.3. The van der Waals surface area contributed by atoms with Gasteiger partial charge in [-0.15, -0.1) is 0 Å². The molecule has 0 aromatic carbocycles. The summed E-state index contributed by atoms with van der Waals surface area (Å²) in [7, 11) is 0. The van der Waals surface area contributed by atoms with Crippen LogP contribution in [0.1, 0.15) is 64.7 Å². The molecule has 0 radical (unpaired) electrons. The van der Waals surface area contributed by atoms with Crippen LogP contribution < -0.4 is 5.32 Å². The van der Waals surface area contributed by atoms with Gasteiger partial charge in [-0.1, -0.05) is 12.8 Å². The van der Waals surface area contributed by atoms with Gasteiger partial charge in [0.05, 0.1) is 6.10 Å². The highest BCUT2D eigenvalue weighted by molar-refractivity contribution is 4.75. The van der Waals surface area contributed by atoms with Crippen molar-refractivity contribution in [2.45, 2.75) is 76.9 Å². The summed E-state index contributed by atoms with van der Waals surface area (Å²) >= 11 is 0. The van der Waals surface area contributed by atoms with Gasteiger partial charge in [-0.3, -0.25) is 0 Å². The number of hydrogen-bond donors (Lipinski definition) is 2. The fourth-order valence-corrected chi connectivity index (χ4v) is 3.80. The first-order valence-corrected chi connectivity index (χ1v) is 8.75. The van der Waals surface area contributed by atoms with Crippen molar-refractivity contribution in [2.75, 3.05) is 19.8 Å². The number of aliphatic hydroxyl groups excluding tert-OH is 1. The molecule has 1 aliphatic carbocycles. The summed E-state index contributed by atoms with van der Waals surface area (Å²) in [6, 6.07) is 0.620. The van der Waals surface area contributed by atoms with Crippen molar-refractivity contribution in [2.24, 2.45) is 11.8 Å². The Kier molecular flexibility index (Phi) is 7.32. The van der Waals surface area contributed by atoms with Crippen LogP contribution in [0.5, 0.6) is 0 Å². The average Bonchev–Trinajstić information content (AvgIpc) is 2.46. The Hall–Kier alpha value is -0.120. The predicted octanol–water partition coefficient (Wildman–Crippen LogP) is 3.11. The van der Waals surface area contributed by atoms with Crippen molar-refractivity contribution in [3.8, 4) is 0 Å². The monoisotopic (exact) mass is 283 g/mol. The first-order chi connectivity index (χ1) is 9.75. The van der Waals surface area contributed by atoms with Crippen molar-refractivity contribution in [1.82, 2.24) is 5.32 Å². The Bertz CT molecular complexity index is 253. The van der Waals surface area contributed by atoms with E-state index in [-0.39, 0.29) is 6.10 Å². The van der Waals surface area contributed by atoms with Gasteiger partial charge in [0, 0.05) is 19.3 Å². The highest BCUT2D eigenvalue weighted by Crippen LogP contribution is 2.27. The smallest absolute Gasteiger partial charge is 0.0568 e. The molecule has 118 valence electrons. The second kappa shape index (κ2) is 9.01. The molecule has 1 saturated carbocycles. The number of nitrogens with one attached hydrogen (secondary N) is 1. The van der Waals surface area contributed by atoms with Crippen molar-refractivity contribution in [3.63, 3.8) is 0 Å². The molecular weight excluding hydrogens is 250 g/mol. The van der Waals surface area contributed by atoms with Crippen LogP contribution in [0.3, 0.4) is 0 Å². The van der Waals surface area contributed by atoms with E-state index in [2.05, 4.69) is 12.2 Å². The Morgan fingerprint density at radius 3 is 2.65 bits per heavy atom. The molecule has 2 N–H and O–H groups in total. The second-order valence-electron chi connectivity index (χ2n) is 6.90. The summed E-state index contributed by atoms with van der Waals surface area (Å²) in [5.74, 6) is 1.42. The van der Waals surface area contributed by atoms with Gasteiger partial charge in [0.15, 0.2) is 0 Å². The standard InChI is InChI=1S/C17H33NO2/c1-14(13-15-8-11-20-12-9-15)18-10-4-6-16-5-2-3-7-17(16)19/h14-19H,2-13H2,1H3. The summed E-state index contributed by atoms with van der Waals surface area (Å²) in [5.41, 5.74) is 0. The molecular formula is C17H33NO2. The molecule has 1 aliphatic heterocycles. The van der Waals surface area contributed by atoms with E-state index < -0.39 is 0 Å². The van der Waals surface area contributed by atoms with Gasteiger partial charge in [-0.25, -0.2) is 0 Å². The summed E-state index contributed by atoms with van der Waals surface area (Å²) in [4.78, 5) is 0. The van der Waals surface area contributed by atoms with E-state index in [4.69, 9.17) is 4.74 Å². The molecule has 0 aromatic rings. The van der Waals surface area contributed by atoms with E-state index in [1.807, 2.05) is 0 Å². The minimum absolute atomic E-state index is 0.0246. The van der Waals surface area contributed by atoms with Crippen LogP contribution in [-0.4, -0.2) is 37.0 Å². The molecule has 3 unspecified atom stereocenters. The molecule has 3 heteroatoms. The summed E-state index contributed by atoms with van der Waals surface area (Å²) in [6.45, 7) is 5.33. The molecule has 1 heterocycles. The van der Waals surface area contributed by atoms with Gasteiger partial charge < -0.3 is 15.2 Å². The maximum absolute atomic E-state index is 9.96. The fourth-order valence-electron chi connectivity index (χ4n) is 3.80. The van der Waals surface area contributed by atoms with Crippen LogP contribution in [0.2, 0.25) is 0 Å². The van der Waals surface area contributed by atoms with Crippen LogP contribution in [0.4, 0.5) is 0 Å². The van der Waals surface area contributed by atoms with Crippen molar-refractivity contribution < 1.29 is 9.84 Å². The molecule has 1 saturated heterocycles. The van der Waals surface area contributed by atoms with E-state index in [1.165, 1.54) is 51.4 Å². The van der Waals surface area contributed by atoms with Crippen molar-refractivity contribution in [1.29, 1.82) is 0 Å². The molecule has 3 atom stereocenters. The third-order valence-electron chi connectivity index (χ3n) is 5.14. The van der Waals surface area contributed by atoms with Crippen LogP contribution in [0.25, 0.3) is 0 Å².